The minimum Gasteiger partial charge on any atom is -0.398 e. The van der Waals surface area contributed by atoms with Crippen LogP contribution in [0.1, 0.15) is 22.3 Å². The van der Waals surface area contributed by atoms with Gasteiger partial charge in [0.1, 0.15) is 13.7 Å². The predicted molar refractivity (Wildman–Crippen MR) is 120 cm³/mol. The van der Waals surface area contributed by atoms with Crippen LogP contribution in [-0.4, -0.2) is 25.8 Å². The van der Waals surface area contributed by atoms with Crippen LogP contribution in [0.2, 0.25) is 0 Å². The molecule has 0 bridgehead atoms. The number of carbonyl (C=O) groups excluding carboxylic acids is 1. The Kier molecular flexibility index (Phi) is 8.92. The summed E-state index contributed by atoms with van der Waals surface area (Å²) < 4.78 is 0.525. The van der Waals surface area contributed by atoms with Crippen LogP contribution in [-0.2, 0) is 21.1 Å². The van der Waals surface area contributed by atoms with Gasteiger partial charge in [-0.25, -0.2) is 0 Å². The Labute approximate surface area is 183 Å². The molecule has 152 valence electrons. The van der Waals surface area contributed by atoms with Gasteiger partial charge in [0.05, 0.1) is 9.64 Å². The lowest BCUT2D eigenvalue weighted by Crippen LogP contribution is -2.29. The molecule has 2 aromatic rings. The van der Waals surface area contributed by atoms with Crippen LogP contribution in [0.5, 0.6) is 0 Å². The Hall–Kier alpha value is -2.61. The molecule has 0 aliphatic heterocycles. The smallest absolute Gasteiger partial charge is 0.273 e. The van der Waals surface area contributed by atoms with E-state index in [1.807, 2.05) is 42.5 Å². The molecule has 0 fully saturated rings. The lowest BCUT2D eigenvalue weighted by molar-refractivity contribution is -0.114. The van der Waals surface area contributed by atoms with Gasteiger partial charge in [0.15, 0.2) is 5.71 Å². The number of oxime groups is 1. The summed E-state index contributed by atoms with van der Waals surface area (Å²) in [4.78, 5) is 22.5. The molecular formula is C21H21BrClN3O3. The third kappa shape index (κ3) is 6.74. The number of hydroxylamine groups is 1. The number of nitrogens with zero attached hydrogens (tertiary/aromatic N) is 1. The molecule has 0 saturated carbocycles. The summed E-state index contributed by atoms with van der Waals surface area (Å²) in [5.74, 6) is -0.352. The summed E-state index contributed by atoms with van der Waals surface area (Å²) >= 11 is 9.00. The van der Waals surface area contributed by atoms with Crippen molar-refractivity contribution in [2.24, 2.45) is 5.16 Å². The number of hydrogen-bond acceptors (Lipinski definition) is 5. The second-order valence-corrected chi connectivity index (χ2v) is 7.50. The summed E-state index contributed by atoms with van der Waals surface area (Å²) in [7, 11) is 2.92. The molecular weight excluding hydrogens is 458 g/mol. The Morgan fingerprint density at radius 3 is 2.55 bits per heavy atom. The first-order valence-corrected chi connectivity index (χ1v) is 9.74. The molecule has 1 amide bonds. The van der Waals surface area contributed by atoms with E-state index in [0.717, 1.165) is 16.7 Å². The minimum absolute atomic E-state index is 0.169. The van der Waals surface area contributed by atoms with Crippen LogP contribution in [0.4, 0.5) is 0 Å². The van der Waals surface area contributed by atoms with Gasteiger partial charge < -0.3 is 10.2 Å². The molecule has 0 heterocycles. The van der Waals surface area contributed by atoms with Crippen LogP contribution < -0.4 is 10.8 Å². The fourth-order valence-corrected chi connectivity index (χ4v) is 2.86. The molecule has 0 atom stereocenters. The molecule has 8 heteroatoms. The molecule has 0 aliphatic carbocycles. The molecule has 0 radical (unpaired) electrons. The topological polar surface area (TPSA) is 71.9 Å². The summed E-state index contributed by atoms with van der Waals surface area (Å²) in [5, 5.41) is 6.39. The zero-order valence-corrected chi connectivity index (χ0v) is 18.4. The van der Waals surface area contributed by atoms with Crippen LogP contribution in [0.15, 0.2) is 64.2 Å². The highest BCUT2D eigenvalue weighted by atomic mass is 79.9. The van der Waals surface area contributed by atoms with Crippen molar-refractivity contribution in [2.45, 2.75) is 6.61 Å². The molecule has 0 unspecified atom stereocenters. The van der Waals surface area contributed by atoms with Crippen molar-refractivity contribution in [3.63, 3.8) is 0 Å². The van der Waals surface area contributed by atoms with Crippen molar-refractivity contribution >= 4 is 50.9 Å². The van der Waals surface area contributed by atoms with E-state index in [2.05, 4.69) is 38.5 Å². The van der Waals surface area contributed by atoms with E-state index in [-0.39, 0.29) is 18.2 Å². The molecule has 2 N–H and O–H groups in total. The van der Waals surface area contributed by atoms with Crippen LogP contribution in [0, 0.1) is 0 Å². The molecule has 2 rings (SSSR count). The average Bonchev–Trinajstić information content (AvgIpc) is 2.72. The van der Waals surface area contributed by atoms with Crippen molar-refractivity contribution < 1.29 is 14.5 Å². The first-order valence-electron chi connectivity index (χ1n) is 8.57. The number of carbonyl (C=O) groups is 1. The first-order chi connectivity index (χ1) is 14.0. The monoisotopic (exact) mass is 477 g/mol. The van der Waals surface area contributed by atoms with E-state index in [1.165, 1.54) is 14.2 Å². The summed E-state index contributed by atoms with van der Waals surface area (Å²) in [6.45, 7) is 4.17. The van der Waals surface area contributed by atoms with Crippen LogP contribution >= 0.6 is 27.5 Å². The Balaban J connectivity index is 2.05. The normalized spacial score (nSPS) is 11.7. The average molecular weight is 479 g/mol. The maximum atomic E-state index is 12.1. The van der Waals surface area contributed by atoms with Crippen molar-refractivity contribution in [2.75, 3.05) is 14.2 Å². The standard InChI is InChI=1S/C21H21BrClN3O3/c1-14(16-10-8-15(9-11-16)12-19(22)23)25-29-13-17-6-4-5-7-18(17)20(26-28-3)21(27)24-2/h4-12,25H,1,13H2,2-3H3,(H,24,27). The largest absolute Gasteiger partial charge is 0.398 e. The van der Waals surface area contributed by atoms with Gasteiger partial charge in [0, 0.05) is 12.6 Å². The second kappa shape index (κ2) is 11.4. The van der Waals surface area contributed by atoms with Gasteiger partial charge >= 0.3 is 0 Å². The van der Waals surface area contributed by atoms with Gasteiger partial charge in [0.2, 0.25) is 0 Å². The van der Waals surface area contributed by atoms with E-state index in [9.17, 15) is 4.79 Å². The number of nitrogens with one attached hydrogen (secondary N) is 2. The first kappa shape index (κ1) is 22.7. The summed E-state index contributed by atoms with van der Waals surface area (Å²) in [6.07, 6.45) is 1.79. The van der Waals surface area contributed by atoms with Gasteiger partial charge in [-0.05, 0) is 38.7 Å². The molecule has 2 aromatic carbocycles. The third-order valence-electron chi connectivity index (χ3n) is 3.86. The number of hydrogen-bond donors (Lipinski definition) is 2. The highest BCUT2D eigenvalue weighted by molar-refractivity contribution is 9.12. The predicted octanol–water partition coefficient (Wildman–Crippen LogP) is 4.41. The Morgan fingerprint density at radius 2 is 1.93 bits per heavy atom. The maximum Gasteiger partial charge on any atom is 0.273 e. The molecule has 0 aliphatic rings. The van der Waals surface area contributed by atoms with E-state index >= 15 is 0 Å². The number of rotatable bonds is 9. The maximum absolute atomic E-state index is 12.1. The van der Waals surface area contributed by atoms with Crippen LogP contribution in [0.25, 0.3) is 11.8 Å². The highest BCUT2D eigenvalue weighted by Crippen LogP contribution is 2.18. The molecule has 0 saturated heterocycles. The zero-order valence-electron chi connectivity index (χ0n) is 16.0. The van der Waals surface area contributed by atoms with Gasteiger partial charge in [-0.2, -0.15) is 0 Å². The lowest BCUT2D eigenvalue weighted by atomic mass is 10.0. The quantitative estimate of drug-likeness (QED) is 0.414. The fourth-order valence-electron chi connectivity index (χ4n) is 2.47. The van der Waals surface area contributed by atoms with Crippen molar-refractivity contribution in [1.29, 1.82) is 0 Å². The number of amides is 1. The van der Waals surface area contributed by atoms with E-state index in [4.69, 9.17) is 21.3 Å². The fraction of sp³-hybridized carbons (Fsp3) is 0.143. The third-order valence-corrected chi connectivity index (χ3v) is 4.19. The van der Waals surface area contributed by atoms with Gasteiger partial charge in [0.25, 0.3) is 5.91 Å². The Morgan fingerprint density at radius 1 is 1.24 bits per heavy atom. The van der Waals surface area contributed by atoms with Crippen molar-refractivity contribution in [1.82, 2.24) is 10.8 Å². The highest BCUT2D eigenvalue weighted by Gasteiger charge is 2.17. The van der Waals surface area contributed by atoms with Crippen molar-refractivity contribution in [3.8, 4) is 0 Å². The number of likely N-dealkylation sites (N-methyl/N-ethyl adjacent to an activating group) is 1. The van der Waals surface area contributed by atoms with Crippen LogP contribution in [0.3, 0.4) is 0 Å². The number of benzene rings is 2. The Bertz CT molecular complexity index is 923. The molecule has 29 heavy (non-hydrogen) atoms. The molecule has 0 aromatic heterocycles. The second-order valence-electron chi connectivity index (χ2n) is 5.78. The SMILES string of the molecule is C=C(NOCc1ccccc1C(=NOC)C(=O)NC)c1ccc(C=C(Cl)Br)cc1. The van der Waals surface area contributed by atoms with E-state index in [1.54, 1.807) is 12.1 Å². The van der Waals surface area contributed by atoms with Gasteiger partial charge in [-0.15, -0.1) is 0 Å². The number of halogens is 2. The summed E-state index contributed by atoms with van der Waals surface area (Å²) in [6, 6.07) is 14.9. The van der Waals surface area contributed by atoms with Crippen molar-refractivity contribution in [3.05, 3.63) is 81.3 Å². The zero-order chi connectivity index (χ0) is 21.2. The summed E-state index contributed by atoms with van der Waals surface area (Å²) in [5.41, 5.74) is 6.80. The van der Waals surface area contributed by atoms with Gasteiger partial charge in [-0.1, -0.05) is 71.9 Å². The van der Waals surface area contributed by atoms with Gasteiger partial charge in [-0.3, -0.25) is 15.1 Å². The lowest BCUT2D eigenvalue weighted by Gasteiger charge is -2.13. The van der Waals surface area contributed by atoms with E-state index < -0.39 is 0 Å². The molecule has 6 nitrogen and oxygen atoms in total. The van der Waals surface area contributed by atoms with E-state index in [0.29, 0.717) is 15.2 Å². The minimum atomic E-state index is -0.352. The molecule has 0 spiro atoms.